The summed E-state index contributed by atoms with van der Waals surface area (Å²) >= 11 is 8.22. The highest BCUT2D eigenvalue weighted by atomic mass is 79.9. The molecule has 2 atom stereocenters. The Balaban J connectivity index is 2.05. The zero-order valence-electron chi connectivity index (χ0n) is 17.3. The second-order valence-electron chi connectivity index (χ2n) is 7.10. The van der Waals surface area contributed by atoms with E-state index in [1.54, 1.807) is 34.4 Å². The maximum Gasteiger partial charge on any atom is 0.308 e. The molecule has 2 aliphatic rings. The summed E-state index contributed by atoms with van der Waals surface area (Å²) in [6.07, 6.45) is 0.957. The molecule has 2 unspecified atom stereocenters. The highest BCUT2D eigenvalue weighted by molar-refractivity contribution is 9.11. The van der Waals surface area contributed by atoms with E-state index >= 15 is 0 Å². The molecule has 8 nitrogen and oxygen atoms in total. The monoisotopic (exact) mass is 580 g/mol. The average molecular weight is 582 g/mol. The number of amides is 2. The Bertz CT molecular complexity index is 1170. The number of nitrogens with one attached hydrogen (secondary N) is 1. The molecule has 0 aliphatic carbocycles. The van der Waals surface area contributed by atoms with Gasteiger partial charge >= 0.3 is 5.97 Å². The maximum absolute atomic E-state index is 13.2. The van der Waals surface area contributed by atoms with Crippen LogP contribution in [0, 0.1) is 0 Å². The summed E-state index contributed by atoms with van der Waals surface area (Å²) in [6.45, 7) is 2.75. The second-order valence-corrected chi connectivity index (χ2v) is 9.67. The molecule has 0 bridgehead atoms. The summed E-state index contributed by atoms with van der Waals surface area (Å²) in [6, 6.07) is 9.95. The zero-order valence-corrected chi connectivity index (χ0v) is 21.2. The van der Waals surface area contributed by atoms with Gasteiger partial charge in [0, 0.05) is 29.4 Å². The topological polar surface area (TPSA) is 91.3 Å². The van der Waals surface area contributed by atoms with Gasteiger partial charge in [0.15, 0.2) is 23.1 Å². The lowest BCUT2D eigenvalue weighted by atomic mass is 9.95. The fourth-order valence-corrected chi connectivity index (χ4v) is 5.61. The first-order chi connectivity index (χ1) is 15.2. The molecule has 2 heterocycles. The SMILES string of the molecule is CSC1=NN2C(C(=O)N1)c1ccccc1N(C(C)=O)C2c1cc(Br)cc(Br)c1OC(C)=O. The molecule has 2 amide bonds. The Morgan fingerprint density at radius 1 is 1.16 bits per heavy atom. The predicted molar refractivity (Wildman–Crippen MR) is 129 cm³/mol. The fraction of sp³-hybridized carbons (Fsp3) is 0.238. The molecule has 0 saturated carbocycles. The number of esters is 1. The van der Waals surface area contributed by atoms with E-state index < -0.39 is 18.2 Å². The van der Waals surface area contributed by atoms with Gasteiger partial charge in [-0.2, -0.15) is 0 Å². The van der Waals surface area contributed by atoms with Gasteiger partial charge in [-0.1, -0.05) is 45.9 Å². The van der Waals surface area contributed by atoms with Crippen LogP contribution >= 0.6 is 43.6 Å². The number of ether oxygens (including phenoxy) is 1. The van der Waals surface area contributed by atoms with Crippen molar-refractivity contribution >= 4 is 72.3 Å². The smallest absolute Gasteiger partial charge is 0.308 e. The number of carbonyl (C=O) groups excluding carboxylic acids is 3. The summed E-state index contributed by atoms with van der Waals surface area (Å²) in [4.78, 5) is 39.6. The van der Waals surface area contributed by atoms with Gasteiger partial charge in [-0.15, -0.1) is 5.10 Å². The molecule has 2 aliphatic heterocycles. The standard InChI is InChI=1S/C21H18Br2N4O4S/c1-10(28)26-16-7-5-4-6-13(16)17-19(30)24-21(32-3)25-27(17)20(26)14-8-12(22)9-15(23)18(14)31-11(2)29/h4-9,17,20H,1-3H3,(H,24,25,30). The van der Waals surface area contributed by atoms with Crippen molar-refractivity contribution in [1.82, 2.24) is 10.3 Å². The van der Waals surface area contributed by atoms with E-state index in [0.717, 1.165) is 0 Å². The Kier molecular flexibility index (Phi) is 6.33. The molecule has 0 fully saturated rings. The highest BCUT2D eigenvalue weighted by Gasteiger charge is 2.47. The van der Waals surface area contributed by atoms with E-state index in [-0.39, 0.29) is 17.6 Å². The third kappa shape index (κ3) is 3.93. The summed E-state index contributed by atoms with van der Waals surface area (Å²) in [5.41, 5.74) is 1.74. The molecule has 1 N–H and O–H groups in total. The number of nitrogens with zero attached hydrogens (tertiary/aromatic N) is 3. The van der Waals surface area contributed by atoms with Gasteiger partial charge in [0.2, 0.25) is 5.91 Å². The van der Waals surface area contributed by atoms with Gasteiger partial charge < -0.3 is 10.1 Å². The molecule has 0 radical (unpaired) electrons. The summed E-state index contributed by atoms with van der Waals surface area (Å²) in [7, 11) is 0. The Morgan fingerprint density at radius 3 is 2.53 bits per heavy atom. The number of hydrogen-bond acceptors (Lipinski definition) is 7. The van der Waals surface area contributed by atoms with Crippen molar-refractivity contribution in [3.8, 4) is 5.75 Å². The molecule has 0 saturated heterocycles. The quantitative estimate of drug-likeness (QED) is 0.420. The zero-order chi connectivity index (χ0) is 23.2. The largest absolute Gasteiger partial charge is 0.425 e. The van der Waals surface area contributed by atoms with E-state index in [1.807, 2.05) is 18.2 Å². The highest BCUT2D eigenvalue weighted by Crippen LogP contribution is 2.50. The number of para-hydroxylation sites is 1. The molecule has 11 heteroatoms. The predicted octanol–water partition coefficient (Wildman–Crippen LogP) is 4.31. The number of thioether (sulfide) groups is 1. The van der Waals surface area contributed by atoms with E-state index in [4.69, 9.17) is 4.74 Å². The average Bonchev–Trinajstić information content (AvgIpc) is 2.73. The Morgan fingerprint density at radius 2 is 1.88 bits per heavy atom. The first kappa shape index (κ1) is 22.8. The molecule has 2 aromatic rings. The van der Waals surface area contributed by atoms with Crippen molar-refractivity contribution in [2.75, 3.05) is 11.2 Å². The Labute approximate surface area is 205 Å². The van der Waals surface area contributed by atoms with Crippen LogP contribution in [-0.2, 0) is 14.4 Å². The van der Waals surface area contributed by atoms with Crippen LogP contribution in [0.4, 0.5) is 5.69 Å². The van der Waals surface area contributed by atoms with Crippen LogP contribution in [0.5, 0.6) is 5.75 Å². The van der Waals surface area contributed by atoms with Crippen molar-refractivity contribution in [3.63, 3.8) is 0 Å². The first-order valence-corrected chi connectivity index (χ1v) is 12.3. The van der Waals surface area contributed by atoms with Crippen molar-refractivity contribution in [2.24, 2.45) is 5.10 Å². The van der Waals surface area contributed by atoms with Crippen LogP contribution in [0.3, 0.4) is 0 Å². The van der Waals surface area contributed by atoms with Gasteiger partial charge in [0.1, 0.15) is 0 Å². The number of rotatable bonds is 2. The van der Waals surface area contributed by atoms with Crippen LogP contribution < -0.4 is 15.0 Å². The van der Waals surface area contributed by atoms with Crippen LogP contribution in [0.15, 0.2) is 50.4 Å². The number of anilines is 1. The van der Waals surface area contributed by atoms with Gasteiger partial charge in [0.25, 0.3) is 5.91 Å². The molecular formula is C21H18Br2N4O4S. The van der Waals surface area contributed by atoms with E-state index in [0.29, 0.717) is 30.9 Å². The number of halogens is 2. The van der Waals surface area contributed by atoms with E-state index in [9.17, 15) is 14.4 Å². The number of carbonyl (C=O) groups is 3. The van der Waals surface area contributed by atoms with Crippen molar-refractivity contribution in [1.29, 1.82) is 0 Å². The van der Waals surface area contributed by atoms with Crippen molar-refractivity contribution in [3.05, 3.63) is 56.5 Å². The van der Waals surface area contributed by atoms with E-state index in [1.165, 1.54) is 25.6 Å². The second kappa shape index (κ2) is 8.87. The van der Waals surface area contributed by atoms with Gasteiger partial charge in [-0.25, -0.2) is 0 Å². The third-order valence-electron chi connectivity index (χ3n) is 5.03. The minimum Gasteiger partial charge on any atom is -0.425 e. The van der Waals surface area contributed by atoms with Crippen LogP contribution in [-0.4, -0.2) is 34.2 Å². The van der Waals surface area contributed by atoms with E-state index in [2.05, 4.69) is 42.3 Å². The normalized spacial score (nSPS) is 19.5. The van der Waals surface area contributed by atoms with Crippen LogP contribution in [0.2, 0.25) is 0 Å². The van der Waals surface area contributed by atoms with Crippen molar-refractivity contribution < 1.29 is 19.1 Å². The molecular weight excluding hydrogens is 564 g/mol. The lowest BCUT2D eigenvalue weighted by Gasteiger charge is -2.48. The van der Waals surface area contributed by atoms with Gasteiger partial charge in [-0.3, -0.25) is 24.3 Å². The minimum absolute atomic E-state index is 0.252. The molecule has 2 aromatic carbocycles. The van der Waals surface area contributed by atoms with Gasteiger partial charge in [-0.05, 0) is 40.4 Å². The molecule has 4 rings (SSSR count). The third-order valence-corrected chi connectivity index (χ3v) is 6.65. The minimum atomic E-state index is -0.844. The van der Waals surface area contributed by atoms with Crippen LogP contribution in [0.1, 0.15) is 37.2 Å². The number of benzene rings is 2. The Hall–Kier alpha value is -2.37. The molecule has 0 aromatic heterocycles. The number of fused-ring (bicyclic) bond motifs is 3. The lowest BCUT2D eigenvalue weighted by Crippen LogP contribution is -2.55. The van der Waals surface area contributed by atoms with Crippen LogP contribution in [0.25, 0.3) is 0 Å². The maximum atomic E-state index is 13.2. The summed E-state index contributed by atoms with van der Waals surface area (Å²) < 4.78 is 6.75. The summed E-state index contributed by atoms with van der Waals surface area (Å²) in [5, 5.41) is 9.47. The number of hydrogen-bond donors (Lipinski definition) is 1. The fourth-order valence-electron chi connectivity index (χ4n) is 3.89. The number of amidine groups is 1. The van der Waals surface area contributed by atoms with Crippen molar-refractivity contribution in [2.45, 2.75) is 26.1 Å². The lowest BCUT2D eigenvalue weighted by molar-refractivity contribution is -0.132. The molecule has 32 heavy (non-hydrogen) atoms. The molecule has 166 valence electrons. The first-order valence-electron chi connectivity index (χ1n) is 9.50. The molecule has 0 spiro atoms. The number of hydrazone groups is 1. The summed E-state index contributed by atoms with van der Waals surface area (Å²) in [5.74, 6) is -0.770. The van der Waals surface area contributed by atoms with Gasteiger partial charge in [0.05, 0.1) is 10.2 Å².